The summed E-state index contributed by atoms with van der Waals surface area (Å²) in [5, 5.41) is 0. The maximum absolute atomic E-state index is 9.96. The van der Waals surface area contributed by atoms with Crippen LogP contribution < -0.4 is 5.73 Å². The molecule has 0 spiro atoms. The van der Waals surface area contributed by atoms with Gasteiger partial charge in [0.2, 0.25) is 0 Å². The molecule has 0 aliphatic rings. The molecule has 1 atom stereocenters. The Balaban J connectivity index is 0. The quantitative estimate of drug-likeness (QED) is 0.667. The first-order chi connectivity index (χ1) is 2.64. The van der Waals surface area contributed by atoms with Gasteiger partial charge in [-0.15, -0.1) is 0 Å². The maximum Gasteiger partial charge on any atom is 2.00 e. The summed E-state index contributed by atoms with van der Waals surface area (Å²) in [5.41, 5.74) is 4.97. The van der Waals surface area contributed by atoms with Crippen LogP contribution in [0.5, 0.6) is 0 Å². The molecule has 0 radical (unpaired) electrons. The van der Waals surface area contributed by atoms with Gasteiger partial charge < -0.3 is 17.5 Å². The molecule has 0 rings (SSSR count). The third kappa shape index (κ3) is 6.32. The molecule has 2 nitrogen and oxygen atoms in total. The van der Waals surface area contributed by atoms with Gasteiger partial charge in [0, 0.05) is 0 Å². The summed E-state index contributed by atoms with van der Waals surface area (Å²) in [6, 6.07) is -0.537. The van der Waals surface area contributed by atoms with E-state index < -0.39 is 6.04 Å². The minimum atomic E-state index is -0.537. The summed E-state index contributed by atoms with van der Waals surface area (Å²) in [7, 11) is 0. The van der Waals surface area contributed by atoms with Crippen LogP contribution in [0.2, 0.25) is 0 Å². The molecule has 0 aromatic rings. The van der Waals surface area contributed by atoms with Gasteiger partial charge >= 0.3 is 21.1 Å². The molecule has 1 unspecified atom stereocenters. The summed E-state index contributed by atoms with van der Waals surface area (Å²) < 4.78 is 0. The number of nitrogens with two attached hydrogens (primary N) is 1. The molecule has 7 heavy (non-hydrogen) atoms. The smallest absolute Gasteiger partial charge is 0.350 e. The van der Waals surface area contributed by atoms with E-state index in [1.165, 1.54) is 6.92 Å². The van der Waals surface area contributed by atoms with E-state index in [0.29, 0.717) is 0 Å². The van der Waals surface area contributed by atoms with E-state index >= 15 is 0 Å². The average Bonchev–Trinajstić information content (AvgIpc) is 1.36. The number of hydrogen-bond acceptors (Lipinski definition) is 2. The maximum atomic E-state index is 9.96. The first-order valence-corrected chi connectivity index (χ1v) is 1.73. The summed E-state index contributed by atoms with van der Waals surface area (Å²) in [5.74, 6) is -0.0741. The van der Waals surface area contributed by atoms with Gasteiger partial charge in [0.25, 0.3) is 0 Å². The zero-order valence-electron chi connectivity index (χ0n) is 4.18. The predicted molar refractivity (Wildman–Crippen MR) is 24.0 cm³/mol. The Labute approximate surface area is 57.7 Å². The van der Waals surface area contributed by atoms with Gasteiger partial charge in [-0.1, -0.05) is 6.04 Å². The first-order valence-electron chi connectivity index (χ1n) is 1.73. The van der Waals surface area contributed by atoms with Crippen molar-refractivity contribution in [2.45, 2.75) is 13.0 Å². The summed E-state index contributed by atoms with van der Waals surface area (Å²) in [6.07, 6.45) is 0. The Morgan fingerprint density at radius 1 is 1.86 bits per heavy atom. The second-order valence-corrected chi connectivity index (χ2v) is 1.22. The first kappa shape index (κ1) is 10.3. The van der Waals surface area contributed by atoms with Gasteiger partial charge in [-0.2, -0.15) is 0 Å². The van der Waals surface area contributed by atoms with Gasteiger partial charge in [-0.25, -0.2) is 0 Å². The van der Waals surface area contributed by atoms with Crippen LogP contribution in [0.25, 0.3) is 0 Å². The fourth-order valence-electron chi connectivity index (χ4n) is 0. The monoisotopic (exact) mass is 270 g/mol. The third-order valence-corrected chi connectivity index (χ3v) is 0.522. The molecule has 0 fully saturated rings. The van der Waals surface area contributed by atoms with E-state index in [1.807, 2.05) is 0 Å². The van der Waals surface area contributed by atoms with Crippen molar-refractivity contribution >= 4 is 5.78 Å². The molecule has 2 N–H and O–H groups in total. The van der Waals surface area contributed by atoms with Gasteiger partial charge in [0.05, 0.1) is 0 Å². The fraction of sp³-hybridized carbons (Fsp3) is 0.500. The van der Waals surface area contributed by atoms with E-state index in [4.69, 9.17) is 5.73 Å². The normalized spacial score (nSPS) is 11.9. The molecule has 0 saturated carbocycles. The van der Waals surface area contributed by atoms with E-state index in [2.05, 4.69) is 6.92 Å². The Hall–Kier alpha value is 0.318. The number of carbonyl (C=O) groups is 1. The van der Waals surface area contributed by atoms with Crippen molar-refractivity contribution in [1.82, 2.24) is 0 Å². The summed E-state index contributed by atoms with van der Waals surface area (Å²) in [4.78, 5) is 9.96. The van der Waals surface area contributed by atoms with Crippen LogP contribution in [0.4, 0.5) is 0 Å². The number of rotatable bonds is 1. The molecule has 0 aromatic heterocycles. The molecule has 0 aliphatic carbocycles. The SMILES string of the molecule is [CH2-]C(N)C(C)=O.[W+2]. The molecular weight excluding hydrogens is 262 g/mol. The van der Waals surface area contributed by atoms with Crippen molar-refractivity contribution in [3.63, 3.8) is 0 Å². The summed E-state index contributed by atoms with van der Waals surface area (Å²) in [6.45, 7) is 4.68. The van der Waals surface area contributed by atoms with Crippen LogP contribution in [0.3, 0.4) is 0 Å². The van der Waals surface area contributed by atoms with Crippen LogP contribution in [0.15, 0.2) is 0 Å². The van der Waals surface area contributed by atoms with Crippen LogP contribution in [-0.2, 0) is 25.9 Å². The van der Waals surface area contributed by atoms with Gasteiger partial charge in [0.1, 0.15) is 5.78 Å². The molecule has 0 bridgehead atoms. The van der Waals surface area contributed by atoms with Gasteiger partial charge in [-0.05, 0) is 6.92 Å². The van der Waals surface area contributed by atoms with Gasteiger partial charge in [0.15, 0.2) is 0 Å². The van der Waals surface area contributed by atoms with E-state index in [-0.39, 0.29) is 26.8 Å². The van der Waals surface area contributed by atoms with Crippen molar-refractivity contribution < 1.29 is 25.9 Å². The molecule has 0 heterocycles. The Kier molecular flexibility index (Phi) is 6.61. The molecule has 0 amide bonds. The molecule has 0 aliphatic heterocycles. The Bertz CT molecular complexity index is 62.7. The molecule has 0 saturated heterocycles. The van der Waals surface area contributed by atoms with E-state index in [9.17, 15) is 4.79 Å². The molecular formula is C4H8NOW+. The molecule has 3 heteroatoms. The van der Waals surface area contributed by atoms with Crippen LogP contribution in [-0.4, -0.2) is 11.8 Å². The number of ketones is 1. The van der Waals surface area contributed by atoms with Gasteiger partial charge in [-0.3, -0.25) is 0 Å². The average molecular weight is 270 g/mol. The zero-order valence-corrected chi connectivity index (χ0v) is 7.11. The summed E-state index contributed by atoms with van der Waals surface area (Å²) >= 11 is 0. The predicted octanol–water partition coefficient (Wildman–Crippen LogP) is -0.266. The number of Topliss-reactive ketones (excluding diaryl/α,β-unsaturated/α-hetero) is 1. The van der Waals surface area contributed by atoms with Crippen molar-refractivity contribution in [3.05, 3.63) is 6.92 Å². The number of hydrogen-bond donors (Lipinski definition) is 1. The van der Waals surface area contributed by atoms with E-state index in [0.717, 1.165) is 0 Å². The van der Waals surface area contributed by atoms with Crippen LogP contribution in [0.1, 0.15) is 6.92 Å². The Morgan fingerprint density at radius 3 is 2.00 bits per heavy atom. The van der Waals surface area contributed by atoms with Crippen molar-refractivity contribution in [2.75, 3.05) is 0 Å². The Morgan fingerprint density at radius 2 is 2.00 bits per heavy atom. The van der Waals surface area contributed by atoms with Crippen LogP contribution >= 0.6 is 0 Å². The standard InChI is InChI=1S/C4H8NO.W/c1-3(5)4(2)6;/h3H,1,5H2,2H3;/q-1;+2. The second-order valence-electron chi connectivity index (χ2n) is 1.22. The van der Waals surface area contributed by atoms with Crippen molar-refractivity contribution in [3.8, 4) is 0 Å². The largest absolute Gasteiger partial charge is 2.00 e. The van der Waals surface area contributed by atoms with E-state index in [1.54, 1.807) is 0 Å². The topological polar surface area (TPSA) is 43.1 Å². The van der Waals surface area contributed by atoms with Crippen LogP contribution in [0, 0.1) is 6.92 Å². The zero-order chi connectivity index (χ0) is 5.15. The van der Waals surface area contributed by atoms with Crippen molar-refractivity contribution in [1.29, 1.82) is 0 Å². The fourth-order valence-corrected chi connectivity index (χ4v) is 0. The third-order valence-electron chi connectivity index (χ3n) is 0.522. The molecule has 0 aromatic carbocycles. The van der Waals surface area contributed by atoms with Crippen molar-refractivity contribution in [2.24, 2.45) is 5.73 Å². The molecule has 40 valence electrons. The minimum Gasteiger partial charge on any atom is -0.350 e. The minimum absolute atomic E-state index is 0. The second kappa shape index (κ2) is 4.48. The number of carbonyl (C=O) groups excluding carboxylic acids is 1.